The molecule has 21 heavy (non-hydrogen) atoms. The Kier molecular flexibility index (Phi) is 3.93. The molecule has 1 amide bonds. The highest BCUT2D eigenvalue weighted by atomic mass is 32.1. The van der Waals surface area contributed by atoms with Crippen LogP contribution in [0.1, 0.15) is 36.4 Å². The molecule has 2 heterocycles. The Morgan fingerprint density at radius 3 is 2.81 bits per heavy atom. The van der Waals surface area contributed by atoms with E-state index < -0.39 is 12.0 Å². The maximum absolute atomic E-state index is 12.8. The third-order valence-corrected chi connectivity index (χ3v) is 5.06. The zero-order valence-electron chi connectivity index (χ0n) is 11.7. The highest BCUT2D eigenvalue weighted by molar-refractivity contribution is 7.80. The Labute approximate surface area is 129 Å². The van der Waals surface area contributed by atoms with E-state index in [2.05, 4.69) is 12.6 Å². The SMILES string of the molecule is O=C(O)[C@@H]1CCC[C@@H]2c3ccccc3C[C@H](CS)C(=O)N21. The number of carbonyl (C=O) groups is 2. The van der Waals surface area contributed by atoms with E-state index in [4.69, 9.17) is 0 Å². The van der Waals surface area contributed by atoms with Gasteiger partial charge in [-0.1, -0.05) is 24.3 Å². The van der Waals surface area contributed by atoms with Crippen LogP contribution in [0.4, 0.5) is 0 Å². The average Bonchev–Trinajstić information content (AvgIpc) is 2.62. The number of piperidine rings is 1. The first kappa shape index (κ1) is 14.4. The number of amides is 1. The topological polar surface area (TPSA) is 57.6 Å². The molecular formula is C16H19NO3S. The number of aliphatic carboxylic acids is 1. The van der Waals surface area contributed by atoms with Gasteiger partial charge in [0.05, 0.1) is 12.0 Å². The van der Waals surface area contributed by atoms with Crippen LogP contribution in [0.5, 0.6) is 0 Å². The second kappa shape index (κ2) is 5.72. The summed E-state index contributed by atoms with van der Waals surface area (Å²) >= 11 is 4.31. The molecule has 0 bridgehead atoms. The van der Waals surface area contributed by atoms with Gasteiger partial charge in [0.25, 0.3) is 0 Å². The molecule has 4 nitrogen and oxygen atoms in total. The fourth-order valence-electron chi connectivity index (χ4n) is 3.61. The summed E-state index contributed by atoms with van der Waals surface area (Å²) in [6, 6.07) is 7.22. The zero-order valence-corrected chi connectivity index (χ0v) is 12.6. The van der Waals surface area contributed by atoms with E-state index in [1.807, 2.05) is 24.3 Å². The summed E-state index contributed by atoms with van der Waals surface area (Å²) in [6.45, 7) is 0. The van der Waals surface area contributed by atoms with Crippen molar-refractivity contribution < 1.29 is 14.7 Å². The lowest BCUT2D eigenvalue weighted by molar-refractivity contribution is -0.156. The number of fused-ring (bicyclic) bond motifs is 3. The molecule has 0 radical (unpaired) electrons. The standard InChI is InChI=1S/C16H19NO3S/c18-15-11(9-21)8-10-4-1-2-5-12(10)13-6-3-7-14(16(19)20)17(13)15/h1-2,4-5,11,13-14,21H,3,6-9H2,(H,19,20)/t11-,13-,14+/m1/s1. The second-order valence-electron chi connectivity index (χ2n) is 5.83. The number of nitrogens with zero attached hydrogens (tertiary/aromatic N) is 1. The van der Waals surface area contributed by atoms with Crippen molar-refractivity contribution in [1.29, 1.82) is 0 Å². The third kappa shape index (κ3) is 2.44. The molecular weight excluding hydrogens is 286 g/mol. The van der Waals surface area contributed by atoms with Gasteiger partial charge in [0.1, 0.15) is 6.04 Å². The van der Waals surface area contributed by atoms with Gasteiger partial charge in [-0.05, 0) is 36.8 Å². The summed E-state index contributed by atoms with van der Waals surface area (Å²) in [4.78, 5) is 26.0. The number of carboxylic acids is 1. The molecule has 2 aliphatic rings. The number of thiol groups is 1. The number of carboxylic acid groups (broad SMARTS) is 1. The monoisotopic (exact) mass is 305 g/mol. The first-order valence-electron chi connectivity index (χ1n) is 7.37. The van der Waals surface area contributed by atoms with Crippen LogP contribution in [0.15, 0.2) is 24.3 Å². The normalized spacial score (nSPS) is 28.5. The fraction of sp³-hybridized carbons (Fsp3) is 0.500. The van der Waals surface area contributed by atoms with Gasteiger partial charge < -0.3 is 10.0 Å². The van der Waals surface area contributed by atoms with Crippen LogP contribution < -0.4 is 0 Å². The first-order valence-corrected chi connectivity index (χ1v) is 8.00. The summed E-state index contributed by atoms with van der Waals surface area (Å²) < 4.78 is 0. The summed E-state index contributed by atoms with van der Waals surface area (Å²) in [5.41, 5.74) is 2.27. The molecule has 1 aromatic rings. The van der Waals surface area contributed by atoms with Gasteiger partial charge in [-0.25, -0.2) is 4.79 Å². The lowest BCUT2D eigenvalue weighted by atomic mass is 9.89. The lowest BCUT2D eigenvalue weighted by Gasteiger charge is -2.40. The van der Waals surface area contributed by atoms with E-state index in [-0.39, 0.29) is 17.9 Å². The Balaban J connectivity index is 2.10. The van der Waals surface area contributed by atoms with Crippen molar-refractivity contribution >= 4 is 24.5 Å². The maximum Gasteiger partial charge on any atom is 0.326 e. The van der Waals surface area contributed by atoms with Crippen molar-refractivity contribution in [2.45, 2.75) is 37.8 Å². The van der Waals surface area contributed by atoms with Gasteiger partial charge in [-0.15, -0.1) is 0 Å². The third-order valence-electron chi connectivity index (χ3n) is 4.62. The molecule has 3 rings (SSSR count). The smallest absolute Gasteiger partial charge is 0.326 e. The van der Waals surface area contributed by atoms with Crippen molar-refractivity contribution in [2.75, 3.05) is 5.75 Å². The molecule has 3 atom stereocenters. The highest BCUT2D eigenvalue weighted by Crippen LogP contribution is 2.40. The van der Waals surface area contributed by atoms with Gasteiger partial charge in [-0.3, -0.25) is 4.79 Å². The van der Waals surface area contributed by atoms with Crippen LogP contribution in [0.3, 0.4) is 0 Å². The van der Waals surface area contributed by atoms with Crippen molar-refractivity contribution in [1.82, 2.24) is 4.90 Å². The number of carbonyl (C=O) groups excluding carboxylic acids is 1. The van der Waals surface area contributed by atoms with Crippen molar-refractivity contribution in [3.63, 3.8) is 0 Å². The fourth-order valence-corrected chi connectivity index (χ4v) is 3.89. The van der Waals surface area contributed by atoms with Crippen LogP contribution >= 0.6 is 12.6 Å². The Morgan fingerprint density at radius 2 is 2.10 bits per heavy atom. The molecule has 2 aliphatic heterocycles. The number of hydrogen-bond acceptors (Lipinski definition) is 3. The minimum atomic E-state index is -0.898. The van der Waals surface area contributed by atoms with Crippen LogP contribution in [-0.4, -0.2) is 33.7 Å². The average molecular weight is 305 g/mol. The first-order chi connectivity index (χ1) is 10.1. The molecule has 5 heteroatoms. The summed E-state index contributed by atoms with van der Waals surface area (Å²) in [5, 5.41) is 9.48. The number of benzene rings is 1. The second-order valence-corrected chi connectivity index (χ2v) is 6.19. The molecule has 112 valence electrons. The number of hydrogen-bond donors (Lipinski definition) is 2. The lowest BCUT2D eigenvalue weighted by Crippen LogP contribution is -2.51. The number of rotatable bonds is 2. The van der Waals surface area contributed by atoms with Crippen molar-refractivity contribution in [3.8, 4) is 0 Å². The predicted octanol–water partition coefficient (Wildman–Crippen LogP) is 2.30. The molecule has 0 saturated carbocycles. The predicted molar refractivity (Wildman–Crippen MR) is 82.4 cm³/mol. The minimum Gasteiger partial charge on any atom is -0.480 e. The van der Waals surface area contributed by atoms with Crippen molar-refractivity contribution in [2.24, 2.45) is 5.92 Å². The van der Waals surface area contributed by atoms with E-state index in [1.54, 1.807) is 4.90 Å². The largest absolute Gasteiger partial charge is 0.480 e. The van der Waals surface area contributed by atoms with Crippen molar-refractivity contribution in [3.05, 3.63) is 35.4 Å². The van der Waals surface area contributed by atoms with E-state index in [0.29, 0.717) is 18.6 Å². The van der Waals surface area contributed by atoms with Gasteiger partial charge in [0.2, 0.25) is 5.91 Å². The van der Waals surface area contributed by atoms with Gasteiger partial charge in [-0.2, -0.15) is 12.6 Å². The van der Waals surface area contributed by atoms with E-state index in [9.17, 15) is 14.7 Å². The van der Waals surface area contributed by atoms with E-state index in [1.165, 1.54) is 0 Å². The summed E-state index contributed by atoms with van der Waals surface area (Å²) in [5.74, 6) is -0.744. The molecule has 0 spiro atoms. The van der Waals surface area contributed by atoms with Gasteiger partial charge in [0.15, 0.2) is 0 Å². The van der Waals surface area contributed by atoms with E-state index in [0.717, 1.165) is 24.0 Å². The van der Waals surface area contributed by atoms with Crippen LogP contribution in [0.2, 0.25) is 0 Å². The Morgan fingerprint density at radius 1 is 1.33 bits per heavy atom. The highest BCUT2D eigenvalue weighted by Gasteiger charge is 2.43. The molecule has 1 N–H and O–H groups in total. The van der Waals surface area contributed by atoms with Gasteiger partial charge in [0, 0.05) is 5.75 Å². The quantitative estimate of drug-likeness (QED) is 0.824. The molecule has 1 fully saturated rings. The molecule has 0 aromatic heterocycles. The Bertz CT molecular complexity index is 574. The van der Waals surface area contributed by atoms with E-state index >= 15 is 0 Å². The summed E-state index contributed by atoms with van der Waals surface area (Å²) in [7, 11) is 0. The van der Waals surface area contributed by atoms with Crippen LogP contribution in [-0.2, 0) is 16.0 Å². The minimum absolute atomic E-state index is 0.0571. The molecule has 1 saturated heterocycles. The summed E-state index contributed by atoms with van der Waals surface area (Å²) in [6.07, 6.45) is 2.87. The Hall–Kier alpha value is -1.49. The molecule has 1 aromatic carbocycles. The zero-order chi connectivity index (χ0) is 15.0. The maximum atomic E-state index is 12.8. The molecule has 0 unspecified atom stereocenters. The van der Waals surface area contributed by atoms with Crippen LogP contribution in [0.25, 0.3) is 0 Å². The molecule has 0 aliphatic carbocycles. The van der Waals surface area contributed by atoms with Crippen LogP contribution in [0, 0.1) is 5.92 Å². The van der Waals surface area contributed by atoms with Gasteiger partial charge >= 0.3 is 5.97 Å².